The molecule has 0 fully saturated rings. The zero-order valence-corrected chi connectivity index (χ0v) is 17.0. The number of ether oxygens (including phenoxy) is 2. The number of nitrogens with zero attached hydrogens (tertiary/aromatic N) is 2. The van der Waals surface area contributed by atoms with Gasteiger partial charge in [-0.05, 0) is 36.9 Å². The molecule has 1 N–H and O–H groups in total. The summed E-state index contributed by atoms with van der Waals surface area (Å²) in [6.07, 6.45) is 0. The number of methoxy groups -OCH3 is 1. The van der Waals surface area contributed by atoms with Gasteiger partial charge in [0.1, 0.15) is 17.4 Å². The topological polar surface area (TPSA) is 63.7 Å². The predicted molar refractivity (Wildman–Crippen MR) is 112 cm³/mol. The molecular formula is C21H25N3O3S. The molecule has 1 aromatic heterocycles. The highest BCUT2D eigenvalue weighted by Crippen LogP contribution is 2.22. The van der Waals surface area contributed by atoms with Crippen molar-refractivity contribution < 1.29 is 14.3 Å². The Morgan fingerprint density at radius 3 is 2.86 bits per heavy atom. The molecule has 1 heterocycles. The molecule has 2 aromatic carbocycles. The molecule has 0 saturated heterocycles. The first kappa shape index (κ1) is 20.3. The monoisotopic (exact) mass is 399 g/mol. The molecule has 0 bridgehead atoms. The predicted octanol–water partition coefficient (Wildman–Crippen LogP) is 3.07. The molecule has 0 aliphatic carbocycles. The number of fused-ring (bicyclic) bond motifs is 1. The summed E-state index contributed by atoms with van der Waals surface area (Å²) >= 11 is 1.67. The van der Waals surface area contributed by atoms with Crippen LogP contribution < -0.4 is 10.1 Å². The van der Waals surface area contributed by atoms with Crippen LogP contribution in [0.25, 0.3) is 10.2 Å². The van der Waals surface area contributed by atoms with Crippen LogP contribution in [0.15, 0.2) is 48.5 Å². The van der Waals surface area contributed by atoms with Gasteiger partial charge in [0.25, 0.3) is 0 Å². The molecule has 0 saturated carbocycles. The molecule has 6 nitrogen and oxygen atoms in total. The van der Waals surface area contributed by atoms with Gasteiger partial charge >= 0.3 is 0 Å². The maximum atomic E-state index is 12.3. The number of aromatic nitrogens is 1. The van der Waals surface area contributed by atoms with E-state index in [0.29, 0.717) is 32.8 Å². The van der Waals surface area contributed by atoms with Gasteiger partial charge in [-0.25, -0.2) is 4.98 Å². The van der Waals surface area contributed by atoms with Crippen molar-refractivity contribution in [3.05, 3.63) is 59.1 Å². The number of likely N-dealkylation sites (N-methyl/N-ethyl adjacent to an activating group) is 1. The first-order chi connectivity index (χ1) is 13.6. The number of hydrogen-bond donors (Lipinski definition) is 1. The van der Waals surface area contributed by atoms with Crippen LogP contribution in [0.2, 0.25) is 0 Å². The lowest BCUT2D eigenvalue weighted by Crippen LogP contribution is -2.34. The van der Waals surface area contributed by atoms with E-state index in [1.807, 2.05) is 54.4 Å². The Morgan fingerprint density at radius 1 is 1.18 bits per heavy atom. The molecule has 148 valence electrons. The average molecular weight is 400 g/mol. The van der Waals surface area contributed by atoms with Crippen molar-refractivity contribution in [1.29, 1.82) is 0 Å². The summed E-state index contributed by atoms with van der Waals surface area (Å²) in [5, 5.41) is 3.97. The Hall–Kier alpha value is -2.48. The number of amides is 1. The maximum absolute atomic E-state index is 12.3. The van der Waals surface area contributed by atoms with E-state index in [1.165, 1.54) is 4.70 Å². The second-order valence-corrected chi connectivity index (χ2v) is 7.63. The summed E-state index contributed by atoms with van der Waals surface area (Å²) in [4.78, 5) is 18.9. The third-order valence-electron chi connectivity index (χ3n) is 4.10. The van der Waals surface area contributed by atoms with Crippen LogP contribution in [0.4, 0.5) is 0 Å². The Labute approximate surface area is 169 Å². The Kier molecular flexibility index (Phi) is 7.36. The quantitative estimate of drug-likeness (QED) is 0.531. The lowest BCUT2D eigenvalue weighted by Gasteiger charge is -2.15. The van der Waals surface area contributed by atoms with Gasteiger partial charge in [-0.3, -0.25) is 9.69 Å². The maximum Gasteiger partial charge on any atom is 0.234 e. The van der Waals surface area contributed by atoms with Crippen LogP contribution in [0.1, 0.15) is 10.6 Å². The molecule has 3 aromatic rings. The van der Waals surface area contributed by atoms with Crippen LogP contribution in [-0.2, 0) is 22.6 Å². The second-order valence-electron chi connectivity index (χ2n) is 6.51. The highest BCUT2D eigenvalue weighted by Gasteiger charge is 2.10. The van der Waals surface area contributed by atoms with E-state index in [9.17, 15) is 4.79 Å². The van der Waals surface area contributed by atoms with E-state index >= 15 is 0 Å². The molecule has 0 aliphatic heterocycles. The molecule has 1 amide bonds. The third kappa shape index (κ3) is 6.02. The van der Waals surface area contributed by atoms with E-state index in [0.717, 1.165) is 21.8 Å². The summed E-state index contributed by atoms with van der Waals surface area (Å²) in [6.45, 7) is 2.48. The Bertz CT molecular complexity index is 880. The molecule has 0 atom stereocenters. The number of carbonyl (C=O) groups excluding carboxylic acids is 1. The molecular weight excluding hydrogens is 374 g/mol. The highest BCUT2D eigenvalue weighted by atomic mass is 32.1. The van der Waals surface area contributed by atoms with Crippen molar-refractivity contribution in [3.63, 3.8) is 0 Å². The summed E-state index contributed by atoms with van der Waals surface area (Å²) in [5.41, 5.74) is 2.00. The van der Waals surface area contributed by atoms with Crippen LogP contribution in [0.3, 0.4) is 0 Å². The second kappa shape index (κ2) is 10.2. The van der Waals surface area contributed by atoms with Gasteiger partial charge in [0.2, 0.25) is 5.91 Å². The van der Waals surface area contributed by atoms with Crippen LogP contribution in [-0.4, -0.2) is 49.7 Å². The number of carbonyl (C=O) groups is 1. The van der Waals surface area contributed by atoms with Crippen molar-refractivity contribution >= 4 is 27.5 Å². The van der Waals surface area contributed by atoms with Crippen LogP contribution in [0, 0.1) is 0 Å². The minimum atomic E-state index is -0.0192. The third-order valence-corrected chi connectivity index (χ3v) is 5.12. The summed E-state index contributed by atoms with van der Waals surface area (Å²) in [7, 11) is 3.57. The number of nitrogens with one attached hydrogen (secondary N) is 1. The van der Waals surface area contributed by atoms with Crippen molar-refractivity contribution in [1.82, 2.24) is 15.2 Å². The Balaban J connectivity index is 1.45. The fourth-order valence-electron chi connectivity index (χ4n) is 2.76. The summed E-state index contributed by atoms with van der Waals surface area (Å²) in [5.74, 6) is 0.756. The molecule has 0 spiro atoms. The van der Waals surface area contributed by atoms with Crippen molar-refractivity contribution in [2.75, 3.05) is 33.9 Å². The number of rotatable bonds is 10. The molecule has 28 heavy (non-hydrogen) atoms. The van der Waals surface area contributed by atoms with Gasteiger partial charge in [0.05, 0.1) is 29.9 Å². The van der Waals surface area contributed by atoms with Crippen LogP contribution >= 0.6 is 11.3 Å². The first-order valence-electron chi connectivity index (χ1n) is 9.14. The van der Waals surface area contributed by atoms with Gasteiger partial charge in [0.15, 0.2) is 0 Å². The minimum absolute atomic E-state index is 0.0192. The van der Waals surface area contributed by atoms with E-state index in [1.54, 1.807) is 18.4 Å². The normalized spacial score (nSPS) is 11.1. The van der Waals surface area contributed by atoms with Gasteiger partial charge in [-0.15, -0.1) is 11.3 Å². The van der Waals surface area contributed by atoms with Gasteiger partial charge < -0.3 is 14.8 Å². The first-order valence-corrected chi connectivity index (χ1v) is 9.96. The lowest BCUT2D eigenvalue weighted by molar-refractivity contribution is -0.122. The van der Waals surface area contributed by atoms with Crippen molar-refractivity contribution in [2.45, 2.75) is 13.1 Å². The van der Waals surface area contributed by atoms with E-state index in [-0.39, 0.29) is 5.91 Å². The number of hydrogen-bond acceptors (Lipinski definition) is 6. The minimum Gasteiger partial charge on any atom is -0.491 e. The molecule has 7 heteroatoms. The largest absolute Gasteiger partial charge is 0.491 e. The zero-order chi connectivity index (χ0) is 19.8. The zero-order valence-electron chi connectivity index (χ0n) is 16.2. The van der Waals surface area contributed by atoms with Gasteiger partial charge in [0, 0.05) is 13.7 Å². The fraction of sp³-hybridized carbons (Fsp3) is 0.333. The smallest absolute Gasteiger partial charge is 0.234 e. The lowest BCUT2D eigenvalue weighted by atomic mass is 10.2. The van der Waals surface area contributed by atoms with Gasteiger partial charge in [-0.1, -0.05) is 24.3 Å². The van der Waals surface area contributed by atoms with Crippen molar-refractivity contribution in [2.24, 2.45) is 0 Å². The molecule has 0 aliphatic rings. The SMILES string of the molecule is COCCOc1cccc(CNC(=O)CN(C)Cc2nc3ccccc3s2)c1. The summed E-state index contributed by atoms with van der Waals surface area (Å²) < 4.78 is 11.7. The standard InChI is InChI=1S/C21H25N3O3S/c1-24(15-21-23-18-8-3-4-9-19(18)28-21)14-20(25)22-13-16-6-5-7-17(12-16)27-11-10-26-2/h3-9,12H,10-11,13-15H2,1-2H3,(H,22,25). The van der Waals surface area contributed by atoms with Crippen LogP contribution in [0.5, 0.6) is 5.75 Å². The molecule has 0 unspecified atom stereocenters. The van der Waals surface area contributed by atoms with E-state index in [4.69, 9.17) is 9.47 Å². The van der Waals surface area contributed by atoms with Crippen molar-refractivity contribution in [3.8, 4) is 5.75 Å². The molecule has 0 radical (unpaired) electrons. The number of benzene rings is 2. The molecule has 3 rings (SSSR count). The van der Waals surface area contributed by atoms with Gasteiger partial charge in [-0.2, -0.15) is 0 Å². The number of thiazole rings is 1. The van der Waals surface area contributed by atoms with E-state index in [2.05, 4.69) is 16.4 Å². The highest BCUT2D eigenvalue weighted by molar-refractivity contribution is 7.18. The number of para-hydroxylation sites is 1. The Morgan fingerprint density at radius 2 is 2.04 bits per heavy atom. The summed E-state index contributed by atoms with van der Waals surface area (Å²) in [6, 6.07) is 15.8. The van der Waals surface area contributed by atoms with E-state index < -0.39 is 0 Å². The average Bonchev–Trinajstić information content (AvgIpc) is 3.09. The fourth-order valence-corrected chi connectivity index (χ4v) is 3.81.